The number of H-pyrrole nitrogens is 1. The van der Waals surface area contributed by atoms with E-state index in [-0.39, 0.29) is 5.92 Å². The number of aromatic nitrogens is 2. The molecule has 0 saturated carbocycles. The fourth-order valence-corrected chi connectivity index (χ4v) is 4.27. The van der Waals surface area contributed by atoms with Crippen LogP contribution in [0.15, 0.2) is 59.5 Å². The molecule has 0 radical (unpaired) electrons. The van der Waals surface area contributed by atoms with Gasteiger partial charge in [-0.3, -0.25) is 0 Å². The fourth-order valence-electron chi connectivity index (χ4n) is 2.71. The predicted octanol–water partition coefficient (Wildman–Crippen LogP) is 2.35. The zero-order valence-electron chi connectivity index (χ0n) is 11.8. The molecule has 1 N–H and O–H groups in total. The first-order valence-corrected chi connectivity index (χ1v) is 8.58. The minimum atomic E-state index is -3.38. The summed E-state index contributed by atoms with van der Waals surface area (Å²) >= 11 is 0. The summed E-state index contributed by atoms with van der Waals surface area (Å²) in [6, 6.07) is 16.4. The molecule has 5 nitrogen and oxygen atoms in total. The van der Waals surface area contributed by atoms with Crippen molar-refractivity contribution in [2.75, 3.05) is 13.1 Å². The number of benzene rings is 2. The highest BCUT2D eigenvalue weighted by Gasteiger charge is 2.38. The third kappa shape index (κ3) is 2.12. The van der Waals surface area contributed by atoms with E-state index in [1.165, 1.54) is 4.31 Å². The van der Waals surface area contributed by atoms with E-state index < -0.39 is 10.0 Å². The Hall–Kier alpha value is -2.18. The molecule has 1 saturated heterocycles. The maximum Gasteiger partial charge on any atom is 0.243 e. The Morgan fingerprint density at radius 2 is 1.68 bits per heavy atom. The molecule has 0 spiro atoms. The molecule has 0 atom stereocenters. The van der Waals surface area contributed by atoms with Crippen LogP contribution in [0.3, 0.4) is 0 Å². The number of fused-ring (bicyclic) bond motifs is 1. The van der Waals surface area contributed by atoms with Gasteiger partial charge < -0.3 is 4.98 Å². The van der Waals surface area contributed by atoms with Crippen LogP contribution in [0.25, 0.3) is 11.0 Å². The monoisotopic (exact) mass is 313 g/mol. The Bertz CT molecular complexity index is 880. The second kappa shape index (κ2) is 4.93. The van der Waals surface area contributed by atoms with Crippen LogP contribution < -0.4 is 0 Å². The molecule has 1 aromatic heterocycles. The Morgan fingerprint density at radius 1 is 1.00 bits per heavy atom. The van der Waals surface area contributed by atoms with E-state index in [0.717, 1.165) is 16.9 Å². The summed E-state index contributed by atoms with van der Waals surface area (Å²) < 4.78 is 26.4. The van der Waals surface area contributed by atoms with Crippen LogP contribution >= 0.6 is 0 Å². The third-order valence-electron chi connectivity index (χ3n) is 4.02. The Kier molecular flexibility index (Phi) is 3.02. The van der Waals surface area contributed by atoms with Gasteiger partial charge in [-0.05, 0) is 24.3 Å². The van der Waals surface area contributed by atoms with Crippen molar-refractivity contribution < 1.29 is 8.42 Å². The molecular weight excluding hydrogens is 298 g/mol. The number of nitrogens with one attached hydrogen (secondary N) is 1. The molecule has 0 unspecified atom stereocenters. The molecule has 1 aliphatic heterocycles. The molecule has 2 aromatic carbocycles. The van der Waals surface area contributed by atoms with Crippen LogP contribution in [-0.2, 0) is 10.0 Å². The van der Waals surface area contributed by atoms with E-state index in [2.05, 4.69) is 9.97 Å². The van der Waals surface area contributed by atoms with Gasteiger partial charge in [0, 0.05) is 19.0 Å². The zero-order valence-corrected chi connectivity index (χ0v) is 12.6. The molecular formula is C16H15N3O2S. The summed E-state index contributed by atoms with van der Waals surface area (Å²) in [5, 5.41) is 0. The van der Waals surface area contributed by atoms with Gasteiger partial charge in [-0.1, -0.05) is 30.3 Å². The Balaban J connectivity index is 1.54. The SMILES string of the molecule is O=S(=O)(c1ccccc1)N1CC(c2nc3ccccc3[nH]2)C1. The Morgan fingerprint density at radius 3 is 2.41 bits per heavy atom. The van der Waals surface area contributed by atoms with Crippen molar-refractivity contribution in [3.05, 3.63) is 60.4 Å². The standard InChI is InChI=1S/C16H15N3O2S/c20-22(21,13-6-2-1-3-7-13)19-10-12(11-19)16-17-14-8-4-5-9-15(14)18-16/h1-9,12H,10-11H2,(H,17,18). The Labute approximate surface area is 128 Å². The molecule has 0 aliphatic carbocycles. The van der Waals surface area contributed by atoms with Crippen LogP contribution in [0, 0.1) is 0 Å². The van der Waals surface area contributed by atoms with Crippen molar-refractivity contribution >= 4 is 21.1 Å². The van der Waals surface area contributed by atoms with Crippen LogP contribution in [0.2, 0.25) is 0 Å². The van der Waals surface area contributed by atoms with Gasteiger partial charge in [-0.2, -0.15) is 4.31 Å². The summed E-state index contributed by atoms with van der Waals surface area (Å²) in [5.41, 5.74) is 1.91. The summed E-state index contributed by atoms with van der Waals surface area (Å²) in [5.74, 6) is 0.992. The average molecular weight is 313 g/mol. The maximum atomic E-state index is 12.5. The van der Waals surface area contributed by atoms with Gasteiger partial charge >= 0.3 is 0 Å². The minimum Gasteiger partial charge on any atom is -0.342 e. The molecule has 22 heavy (non-hydrogen) atoms. The quantitative estimate of drug-likeness (QED) is 0.807. The average Bonchev–Trinajstić information content (AvgIpc) is 2.89. The first kappa shape index (κ1) is 13.5. The van der Waals surface area contributed by atoms with Crippen molar-refractivity contribution in [2.45, 2.75) is 10.8 Å². The van der Waals surface area contributed by atoms with Crippen LogP contribution in [0.5, 0.6) is 0 Å². The molecule has 0 bridgehead atoms. The van der Waals surface area contributed by atoms with E-state index in [1.54, 1.807) is 24.3 Å². The normalized spacial score (nSPS) is 16.7. The number of imidazole rings is 1. The van der Waals surface area contributed by atoms with Gasteiger partial charge in [0.1, 0.15) is 5.82 Å². The first-order chi connectivity index (χ1) is 10.6. The van der Waals surface area contributed by atoms with Crippen molar-refractivity contribution in [2.24, 2.45) is 0 Å². The topological polar surface area (TPSA) is 66.1 Å². The lowest BCUT2D eigenvalue weighted by Gasteiger charge is -2.36. The van der Waals surface area contributed by atoms with Gasteiger partial charge in [0.25, 0.3) is 0 Å². The second-order valence-corrected chi connectivity index (χ2v) is 7.41. The van der Waals surface area contributed by atoms with E-state index in [1.807, 2.05) is 30.3 Å². The number of sulfonamides is 1. The van der Waals surface area contributed by atoms with Crippen molar-refractivity contribution in [1.82, 2.24) is 14.3 Å². The van der Waals surface area contributed by atoms with Crippen LogP contribution in [0.1, 0.15) is 11.7 Å². The van der Waals surface area contributed by atoms with E-state index >= 15 is 0 Å². The van der Waals surface area contributed by atoms with Gasteiger partial charge in [-0.15, -0.1) is 0 Å². The second-order valence-electron chi connectivity index (χ2n) is 5.47. The van der Waals surface area contributed by atoms with Crippen LogP contribution in [-0.4, -0.2) is 35.8 Å². The van der Waals surface area contributed by atoms with E-state index in [9.17, 15) is 8.42 Å². The minimum absolute atomic E-state index is 0.130. The number of hydrogen-bond acceptors (Lipinski definition) is 3. The summed E-state index contributed by atoms with van der Waals surface area (Å²) in [4.78, 5) is 8.17. The lowest BCUT2D eigenvalue weighted by molar-refractivity contribution is 0.257. The number of hydrogen-bond donors (Lipinski definition) is 1. The van der Waals surface area contributed by atoms with Gasteiger partial charge in [0.2, 0.25) is 10.0 Å². The van der Waals surface area contributed by atoms with Crippen molar-refractivity contribution in [3.8, 4) is 0 Å². The molecule has 1 fully saturated rings. The predicted molar refractivity (Wildman–Crippen MR) is 84.0 cm³/mol. The summed E-state index contributed by atoms with van der Waals surface area (Å²) in [6.07, 6.45) is 0. The molecule has 112 valence electrons. The lowest BCUT2D eigenvalue weighted by Crippen LogP contribution is -2.48. The highest BCUT2D eigenvalue weighted by molar-refractivity contribution is 7.89. The van der Waals surface area contributed by atoms with Crippen molar-refractivity contribution in [3.63, 3.8) is 0 Å². The zero-order chi connectivity index (χ0) is 15.2. The largest absolute Gasteiger partial charge is 0.342 e. The molecule has 4 rings (SSSR count). The highest BCUT2D eigenvalue weighted by atomic mass is 32.2. The fraction of sp³-hybridized carbons (Fsp3) is 0.188. The molecule has 2 heterocycles. The third-order valence-corrected chi connectivity index (χ3v) is 5.87. The summed E-state index contributed by atoms with van der Waals surface area (Å²) in [6.45, 7) is 0.939. The highest BCUT2D eigenvalue weighted by Crippen LogP contribution is 2.31. The molecule has 1 aliphatic rings. The van der Waals surface area contributed by atoms with Gasteiger partial charge in [-0.25, -0.2) is 13.4 Å². The van der Waals surface area contributed by atoms with Gasteiger partial charge in [0.05, 0.1) is 15.9 Å². The van der Waals surface area contributed by atoms with Crippen molar-refractivity contribution in [1.29, 1.82) is 0 Å². The van der Waals surface area contributed by atoms with E-state index in [4.69, 9.17) is 0 Å². The first-order valence-electron chi connectivity index (χ1n) is 7.14. The number of para-hydroxylation sites is 2. The number of nitrogens with zero attached hydrogens (tertiary/aromatic N) is 2. The van der Waals surface area contributed by atoms with E-state index in [0.29, 0.717) is 18.0 Å². The smallest absolute Gasteiger partial charge is 0.243 e. The van der Waals surface area contributed by atoms with Gasteiger partial charge in [0.15, 0.2) is 0 Å². The summed E-state index contributed by atoms with van der Waals surface area (Å²) in [7, 11) is -3.38. The maximum absolute atomic E-state index is 12.5. The number of aromatic amines is 1. The van der Waals surface area contributed by atoms with Crippen LogP contribution in [0.4, 0.5) is 0 Å². The lowest BCUT2D eigenvalue weighted by atomic mass is 10.0. The number of rotatable bonds is 3. The molecule has 6 heteroatoms. The molecule has 0 amide bonds. The molecule has 3 aromatic rings.